The maximum atomic E-state index is 10.1. The lowest BCUT2D eigenvalue weighted by molar-refractivity contribution is 0.154. The highest BCUT2D eigenvalue weighted by Gasteiger charge is 1.93. The minimum Gasteiger partial charge on any atom is -0.450 e. The van der Waals surface area contributed by atoms with Gasteiger partial charge in [0.1, 0.15) is 0 Å². The molecular formula is C8H14N2O2. The Hall–Kier alpha value is -1.24. The molecule has 1 amide bonds. The fourth-order valence-corrected chi connectivity index (χ4v) is 0.832. The monoisotopic (exact) mass is 170 g/mol. The highest BCUT2D eigenvalue weighted by Crippen LogP contribution is 2.01. The molecule has 4 heteroatoms. The summed E-state index contributed by atoms with van der Waals surface area (Å²) >= 11 is 0. The maximum Gasteiger partial charge on any atom is 0.404 e. The van der Waals surface area contributed by atoms with Crippen molar-refractivity contribution in [3.63, 3.8) is 0 Å². The van der Waals surface area contributed by atoms with Crippen molar-refractivity contribution >= 4 is 6.09 Å². The maximum absolute atomic E-state index is 10.1. The van der Waals surface area contributed by atoms with Crippen LogP contribution in [0.5, 0.6) is 0 Å². The first kappa shape index (κ1) is 10.8. The molecule has 0 aromatic carbocycles. The van der Waals surface area contributed by atoms with Gasteiger partial charge in [0.15, 0.2) is 0 Å². The number of amides is 1. The van der Waals surface area contributed by atoms with Gasteiger partial charge in [-0.25, -0.2) is 4.79 Å². The number of ether oxygens (including phenoxy) is 1. The Morgan fingerprint density at radius 3 is 2.58 bits per heavy atom. The zero-order valence-corrected chi connectivity index (χ0v) is 7.08. The molecule has 0 aliphatic carbocycles. The number of carbonyl (C=O) groups excluding carboxylic acids is 1. The summed E-state index contributed by atoms with van der Waals surface area (Å²) in [5.74, 6) is 0. The molecule has 12 heavy (non-hydrogen) atoms. The molecule has 0 saturated heterocycles. The van der Waals surface area contributed by atoms with Crippen LogP contribution in [-0.2, 0) is 4.74 Å². The van der Waals surface area contributed by atoms with Crippen molar-refractivity contribution < 1.29 is 9.53 Å². The minimum atomic E-state index is -0.716. The zero-order chi connectivity index (χ0) is 9.23. The lowest BCUT2D eigenvalue weighted by Gasteiger charge is -1.99. The van der Waals surface area contributed by atoms with Gasteiger partial charge in [0, 0.05) is 6.42 Å². The molecule has 0 aliphatic heterocycles. The average Bonchev–Trinajstić information content (AvgIpc) is 2.02. The normalized spacial score (nSPS) is 8.92. The highest BCUT2D eigenvalue weighted by molar-refractivity contribution is 5.64. The van der Waals surface area contributed by atoms with E-state index in [0.29, 0.717) is 13.0 Å². The quantitative estimate of drug-likeness (QED) is 0.614. The summed E-state index contributed by atoms with van der Waals surface area (Å²) in [7, 11) is 0. The summed E-state index contributed by atoms with van der Waals surface area (Å²) in [6.45, 7) is 0.391. The molecule has 0 bridgehead atoms. The molecule has 0 unspecified atom stereocenters. The van der Waals surface area contributed by atoms with Crippen LogP contribution >= 0.6 is 0 Å². The van der Waals surface area contributed by atoms with E-state index in [1.54, 1.807) is 0 Å². The predicted octanol–water partition coefficient (Wildman–Crippen LogP) is 1.56. The van der Waals surface area contributed by atoms with Gasteiger partial charge in [-0.2, -0.15) is 5.26 Å². The fraction of sp³-hybridized carbons (Fsp3) is 0.750. The lowest BCUT2D eigenvalue weighted by atomic mass is 10.2. The van der Waals surface area contributed by atoms with Crippen molar-refractivity contribution in [2.24, 2.45) is 5.73 Å². The van der Waals surface area contributed by atoms with Gasteiger partial charge in [-0.15, -0.1) is 0 Å². The first-order valence-electron chi connectivity index (χ1n) is 4.06. The number of hydrogen-bond donors (Lipinski definition) is 1. The highest BCUT2D eigenvalue weighted by atomic mass is 16.5. The summed E-state index contributed by atoms with van der Waals surface area (Å²) in [5.41, 5.74) is 4.75. The van der Waals surface area contributed by atoms with Gasteiger partial charge in [0.2, 0.25) is 0 Å². The minimum absolute atomic E-state index is 0.391. The van der Waals surface area contributed by atoms with Crippen LogP contribution in [0.2, 0.25) is 0 Å². The summed E-state index contributed by atoms with van der Waals surface area (Å²) in [6, 6.07) is 2.07. The van der Waals surface area contributed by atoms with Crippen LogP contribution in [0.4, 0.5) is 4.79 Å². The van der Waals surface area contributed by atoms with Crippen LogP contribution in [0.3, 0.4) is 0 Å². The number of rotatable bonds is 6. The molecule has 2 N–H and O–H groups in total. The van der Waals surface area contributed by atoms with E-state index >= 15 is 0 Å². The summed E-state index contributed by atoms with van der Waals surface area (Å²) in [4.78, 5) is 10.1. The Labute approximate surface area is 72.3 Å². The third kappa shape index (κ3) is 8.76. The number of primary amides is 1. The average molecular weight is 170 g/mol. The van der Waals surface area contributed by atoms with Crippen molar-refractivity contribution in [2.45, 2.75) is 32.1 Å². The standard InChI is InChI=1S/C8H14N2O2/c9-6-4-2-1-3-5-7-12-8(10)11/h1-5,7H2,(H2,10,11). The molecule has 68 valence electrons. The van der Waals surface area contributed by atoms with E-state index in [1.807, 2.05) is 0 Å². The predicted molar refractivity (Wildman–Crippen MR) is 44.2 cm³/mol. The van der Waals surface area contributed by atoms with Gasteiger partial charge < -0.3 is 10.5 Å². The van der Waals surface area contributed by atoms with Gasteiger partial charge in [-0.3, -0.25) is 0 Å². The third-order valence-electron chi connectivity index (χ3n) is 1.43. The Morgan fingerprint density at radius 1 is 1.33 bits per heavy atom. The van der Waals surface area contributed by atoms with Crippen LogP contribution in [0.15, 0.2) is 0 Å². The second-order valence-corrected chi connectivity index (χ2v) is 2.49. The number of unbranched alkanes of at least 4 members (excludes halogenated alkanes) is 4. The fourth-order valence-electron chi connectivity index (χ4n) is 0.832. The Kier molecular flexibility index (Phi) is 7.05. The number of nitrogens with zero attached hydrogens (tertiary/aromatic N) is 1. The van der Waals surface area contributed by atoms with Gasteiger partial charge in [-0.1, -0.05) is 12.8 Å². The van der Waals surface area contributed by atoms with Crippen molar-refractivity contribution in [2.75, 3.05) is 6.61 Å². The molecule has 0 fully saturated rings. The number of hydrogen-bond acceptors (Lipinski definition) is 3. The Balaban J connectivity index is 2.92. The molecule has 0 aliphatic rings. The van der Waals surface area contributed by atoms with E-state index < -0.39 is 6.09 Å². The topological polar surface area (TPSA) is 76.1 Å². The molecule has 0 atom stereocenters. The van der Waals surface area contributed by atoms with Crippen molar-refractivity contribution in [1.82, 2.24) is 0 Å². The smallest absolute Gasteiger partial charge is 0.404 e. The second-order valence-electron chi connectivity index (χ2n) is 2.49. The third-order valence-corrected chi connectivity index (χ3v) is 1.43. The van der Waals surface area contributed by atoms with Crippen LogP contribution in [0.1, 0.15) is 32.1 Å². The molecule has 0 heterocycles. The van der Waals surface area contributed by atoms with Crippen LogP contribution in [0.25, 0.3) is 0 Å². The van der Waals surface area contributed by atoms with Gasteiger partial charge in [0.05, 0.1) is 12.7 Å². The second kappa shape index (κ2) is 7.86. The summed E-state index contributed by atoms with van der Waals surface area (Å²) in [5, 5.41) is 8.21. The molecule has 0 saturated carbocycles. The SMILES string of the molecule is N#CCCCCCCOC(N)=O. The van der Waals surface area contributed by atoms with E-state index in [2.05, 4.69) is 10.8 Å². The van der Waals surface area contributed by atoms with E-state index in [4.69, 9.17) is 11.0 Å². The first-order chi connectivity index (χ1) is 5.77. The lowest BCUT2D eigenvalue weighted by Crippen LogP contribution is -2.13. The number of nitrogens with two attached hydrogens (primary N) is 1. The van der Waals surface area contributed by atoms with Crippen LogP contribution in [0, 0.1) is 11.3 Å². The molecule has 4 nitrogen and oxygen atoms in total. The van der Waals surface area contributed by atoms with E-state index in [1.165, 1.54) is 0 Å². The zero-order valence-electron chi connectivity index (χ0n) is 7.08. The number of nitriles is 1. The van der Waals surface area contributed by atoms with Crippen LogP contribution < -0.4 is 5.73 Å². The van der Waals surface area contributed by atoms with E-state index in [0.717, 1.165) is 25.7 Å². The summed E-state index contributed by atoms with van der Waals surface area (Å²) in [6.07, 6.45) is 3.63. The Morgan fingerprint density at radius 2 is 2.00 bits per heavy atom. The van der Waals surface area contributed by atoms with Gasteiger partial charge in [-0.05, 0) is 12.8 Å². The van der Waals surface area contributed by atoms with Crippen molar-refractivity contribution in [3.8, 4) is 6.07 Å². The summed E-state index contributed by atoms with van der Waals surface area (Å²) < 4.78 is 4.52. The molecule has 0 rings (SSSR count). The largest absolute Gasteiger partial charge is 0.450 e. The molecular weight excluding hydrogens is 156 g/mol. The van der Waals surface area contributed by atoms with Crippen molar-refractivity contribution in [1.29, 1.82) is 5.26 Å². The molecule has 0 aromatic rings. The van der Waals surface area contributed by atoms with Gasteiger partial charge >= 0.3 is 6.09 Å². The molecule has 0 aromatic heterocycles. The van der Waals surface area contributed by atoms with Crippen LogP contribution in [-0.4, -0.2) is 12.7 Å². The first-order valence-corrected chi connectivity index (χ1v) is 4.06. The van der Waals surface area contributed by atoms with E-state index in [9.17, 15) is 4.79 Å². The number of carbonyl (C=O) groups is 1. The Bertz CT molecular complexity index is 163. The molecule has 0 spiro atoms. The van der Waals surface area contributed by atoms with Gasteiger partial charge in [0.25, 0.3) is 0 Å². The van der Waals surface area contributed by atoms with E-state index in [-0.39, 0.29) is 0 Å². The molecule has 0 radical (unpaired) electrons. The van der Waals surface area contributed by atoms with Crippen molar-refractivity contribution in [3.05, 3.63) is 0 Å².